The van der Waals surface area contributed by atoms with E-state index in [1.54, 1.807) is 25.3 Å². The number of benzene rings is 2. The highest BCUT2D eigenvalue weighted by Crippen LogP contribution is 2.27. The predicted molar refractivity (Wildman–Crippen MR) is 110 cm³/mol. The van der Waals surface area contributed by atoms with Gasteiger partial charge in [-0.15, -0.1) is 0 Å². The number of anilines is 2. The summed E-state index contributed by atoms with van der Waals surface area (Å²) in [7, 11) is 1.59. The number of nitrogens with zero attached hydrogens (tertiary/aromatic N) is 2. The van der Waals surface area contributed by atoms with Crippen LogP contribution in [0.2, 0.25) is 5.02 Å². The molecule has 0 saturated carbocycles. The first-order valence-electron chi connectivity index (χ1n) is 8.04. The highest BCUT2D eigenvalue weighted by Gasteiger charge is 2.07. The lowest BCUT2D eigenvalue weighted by atomic mass is 10.1. The third kappa shape index (κ3) is 4.74. The molecule has 0 aliphatic carbocycles. The Labute approximate surface area is 162 Å². The van der Waals surface area contributed by atoms with Gasteiger partial charge in [0.05, 0.1) is 19.3 Å². The normalized spacial score (nSPS) is 10.4. The molecule has 0 bridgehead atoms. The van der Waals surface area contributed by atoms with Crippen molar-refractivity contribution in [2.24, 2.45) is 0 Å². The molecule has 0 radical (unpaired) electrons. The summed E-state index contributed by atoms with van der Waals surface area (Å²) in [6, 6.07) is 15.5. The number of nitrogens with one attached hydrogen (secondary N) is 2. The van der Waals surface area contributed by atoms with Gasteiger partial charge in [-0.1, -0.05) is 41.4 Å². The van der Waals surface area contributed by atoms with Crippen LogP contribution in [-0.2, 0) is 6.54 Å². The fourth-order valence-corrected chi connectivity index (χ4v) is 2.83. The quantitative estimate of drug-likeness (QED) is 0.622. The van der Waals surface area contributed by atoms with Crippen molar-refractivity contribution < 1.29 is 4.74 Å². The third-order valence-corrected chi connectivity index (χ3v) is 4.20. The number of hydrogen-bond acceptors (Lipinski definition) is 3. The van der Waals surface area contributed by atoms with E-state index in [1.165, 1.54) is 11.1 Å². The Hall–Kier alpha value is -2.57. The lowest BCUT2D eigenvalue weighted by Crippen LogP contribution is -2.20. The summed E-state index contributed by atoms with van der Waals surface area (Å²) < 4.78 is 7.16. The number of methoxy groups -OCH3 is 1. The maximum Gasteiger partial charge on any atom is 0.176 e. The van der Waals surface area contributed by atoms with Crippen molar-refractivity contribution in [3.8, 4) is 5.75 Å². The number of aromatic nitrogens is 2. The first kappa shape index (κ1) is 18.2. The van der Waals surface area contributed by atoms with Crippen LogP contribution in [0.5, 0.6) is 5.75 Å². The Kier molecular flexibility index (Phi) is 5.75. The van der Waals surface area contributed by atoms with Gasteiger partial charge in [-0.2, -0.15) is 5.10 Å². The maximum atomic E-state index is 6.03. The number of rotatable bonds is 5. The van der Waals surface area contributed by atoms with Crippen molar-refractivity contribution in [3.05, 3.63) is 70.9 Å². The van der Waals surface area contributed by atoms with Crippen LogP contribution in [0.25, 0.3) is 0 Å². The van der Waals surface area contributed by atoms with Crippen LogP contribution in [0, 0.1) is 6.92 Å². The first-order chi connectivity index (χ1) is 12.5. The lowest BCUT2D eigenvalue weighted by Gasteiger charge is -2.12. The Bertz CT molecular complexity index is 908. The molecule has 1 heterocycles. The van der Waals surface area contributed by atoms with Crippen molar-refractivity contribution in [3.63, 3.8) is 0 Å². The first-order valence-corrected chi connectivity index (χ1v) is 8.82. The highest BCUT2D eigenvalue weighted by molar-refractivity contribution is 7.80. The molecule has 1 aromatic heterocycles. The van der Waals surface area contributed by atoms with Gasteiger partial charge in [-0.3, -0.25) is 4.68 Å². The molecule has 2 aromatic carbocycles. The van der Waals surface area contributed by atoms with Gasteiger partial charge < -0.3 is 15.4 Å². The topological polar surface area (TPSA) is 51.1 Å². The second-order valence-corrected chi connectivity index (χ2v) is 6.65. The SMILES string of the molecule is COc1ccc(Cl)cc1NC(=S)Nc1ccn(Cc2ccc(C)cc2)n1. The van der Waals surface area contributed by atoms with Crippen molar-refractivity contribution in [1.82, 2.24) is 9.78 Å². The standard InChI is InChI=1S/C19H19ClN4OS/c1-13-3-5-14(6-4-13)12-24-10-9-18(23-24)22-19(26)21-16-11-15(20)7-8-17(16)25-2/h3-11H,12H2,1-2H3,(H2,21,22,23,26). The van der Waals surface area contributed by atoms with E-state index in [2.05, 4.69) is 46.9 Å². The minimum absolute atomic E-state index is 0.408. The third-order valence-electron chi connectivity index (χ3n) is 3.76. The number of hydrogen-bond donors (Lipinski definition) is 2. The van der Waals surface area contributed by atoms with E-state index in [4.69, 9.17) is 28.6 Å². The van der Waals surface area contributed by atoms with Gasteiger partial charge in [0.15, 0.2) is 10.9 Å². The summed E-state index contributed by atoms with van der Waals surface area (Å²) in [5.41, 5.74) is 3.12. The Morgan fingerprint density at radius 2 is 1.92 bits per heavy atom. The molecule has 0 unspecified atom stereocenters. The molecule has 0 aliphatic rings. The maximum absolute atomic E-state index is 6.03. The fraction of sp³-hybridized carbons (Fsp3) is 0.158. The average molecular weight is 387 g/mol. The van der Waals surface area contributed by atoms with Crippen molar-refractivity contribution in [2.75, 3.05) is 17.7 Å². The Morgan fingerprint density at radius 1 is 1.15 bits per heavy atom. The second-order valence-electron chi connectivity index (χ2n) is 5.81. The van der Waals surface area contributed by atoms with Crippen LogP contribution in [0.15, 0.2) is 54.7 Å². The van der Waals surface area contributed by atoms with Gasteiger partial charge in [-0.25, -0.2) is 0 Å². The molecule has 0 atom stereocenters. The molecule has 0 spiro atoms. The zero-order valence-corrected chi connectivity index (χ0v) is 16.1. The number of thiocarbonyl (C=S) groups is 1. The second kappa shape index (κ2) is 8.21. The van der Waals surface area contributed by atoms with E-state index < -0.39 is 0 Å². The van der Waals surface area contributed by atoms with Crippen LogP contribution in [0.1, 0.15) is 11.1 Å². The summed E-state index contributed by atoms with van der Waals surface area (Å²) in [5.74, 6) is 1.32. The largest absolute Gasteiger partial charge is 0.495 e. The van der Waals surface area contributed by atoms with Gasteiger partial charge in [0.25, 0.3) is 0 Å². The molecule has 0 fully saturated rings. The van der Waals surface area contributed by atoms with Crippen LogP contribution < -0.4 is 15.4 Å². The lowest BCUT2D eigenvalue weighted by molar-refractivity contribution is 0.417. The smallest absolute Gasteiger partial charge is 0.176 e. The molecule has 26 heavy (non-hydrogen) atoms. The van der Waals surface area contributed by atoms with Crippen molar-refractivity contribution >= 4 is 40.4 Å². The molecular weight excluding hydrogens is 368 g/mol. The Morgan fingerprint density at radius 3 is 2.65 bits per heavy atom. The van der Waals surface area contributed by atoms with Crippen molar-refractivity contribution in [2.45, 2.75) is 13.5 Å². The van der Waals surface area contributed by atoms with Gasteiger partial charge in [0.1, 0.15) is 5.75 Å². The number of halogens is 1. The highest BCUT2D eigenvalue weighted by atomic mass is 35.5. The molecule has 0 aliphatic heterocycles. The van der Waals surface area contributed by atoms with Crippen LogP contribution >= 0.6 is 23.8 Å². The van der Waals surface area contributed by atoms with Gasteiger partial charge in [0, 0.05) is 17.3 Å². The molecule has 134 valence electrons. The Balaban J connectivity index is 1.62. The molecule has 7 heteroatoms. The van der Waals surface area contributed by atoms with E-state index in [-0.39, 0.29) is 0 Å². The fourth-order valence-electron chi connectivity index (χ4n) is 2.44. The van der Waals surface area contributed by atoms with Crippen molar-refractivity contribution in [1.29, 1.82) is 0 Å². The summed E-state index contributed by atoms with van der Waals surface area (Å²) in [5, 5.41) is 11.6. The van der Waals surface area contributed by atoms with Gasteiger partial charge in [0.2, 0.25) is 0 Å². The summed E-state index contributed by atoms with van der Waals surface area (Å²) in [4.78, 5) is 0. The van der Waals surface area contributed by atoms with Crippen LogP contribution in [0.3, 0.4) is 0 Å². The van der Waals surface area contributed by atoms with Gasteiger partial charge >= 0.3 is 0 Å². The molecule has 0 amide bonds. The van der Waals surface area contributed by atoms with E-state index in [1.807, 2.05) is 16.9 Å². The zero-order chi connectivity index (χ0) is 18.5. The summed E-state index contributed by atoms with van der Waals surface area (Å²) >= 11 is 11.4. The van der Waals surface area contributed by atoms with E-state index in [0.717, 1.165) is 0 Å². The van der Waals surface area contributed by atoms with E-state index in [9.17, 15) is 0 Å². The average Bonchev–Trinajstić information content (AvgIpc) is 3.04. The van der Waals surface area contributed by atoms with E-state index in [0.29, 0.717) is 33.9 Å². The number of ether oxygens (including phenoxy) is 1. The molecule has 0 saturated heterocycles. The van der Waals surface area contributed by atoms with Crippen LogP contribution in [0.4, 0.5) is 11.5 Å². The molecule has 5 nitrogen and oxygen atoms in total. The molecule has 2 N–H and O–H groups in total. The van der Waals surface area contributed by atoms with Gasteiger partial charge in [-0.05, 0) is 42.9 Å². The summed E-state index contributed by atoms with van der Waals surface area (Å²) in [6.45, 7) is 2.77. The number of aryl methyl sites for hydroxylation is 1. The molecular formula is C19H19ClN4OS. The monoisotopic (exact) mass is 386 g/mol. The predicted octanol–water partition coefficient (Wildman–Crippen LogP) is 4.71. The van der Waals surface area contributed by atoms with E-state index >= 15 is 0 Å². The summed E-state index contributed by atoms with van der Waals surface area (Å²) in [6.07, 6.45) is 1.91. The van der Waals surface area contributed by atoms with Crippen LogP contribution in [-0.4, -0.2) is 22.0 Å². The minimum Gasteiger partial charge on any atom is -0.495 e. The molecule has 3 aromatic rings. The minimum atomic E-state index is 0.408. The molecule has 3 rings (SSSR count). The zero-order valence-electron chi connectivity index (χ0n) is 14.5.